The lowest BCUT2D eigenvalue weighted by Gasteiger charge is -2.50. The van der Waals surface area contributed by atoms with Crippen molar-refractivity contribution >= 4 is 34.8 Å². The van der Waals surface area contributed by atoms with E-state index in [4.69, 9.17) is 22.2 Å². The van der Waals surface area contributed by atoms with Crippen LogP contribution in [0.5, 0.6) is 5.75 Å². The van der Waals surface area contributed by atoms with Crippen molar-refractivity contribution in [2.45, 2.75) is 62.8 Å². The van der Waals surface area contributed by atoms with E-state index >= 15 is 0 Å². The molecule has 0 radical (unpaired) electrons. The molecule has 2 aliphatic heterocycles. The summed E-state index contributed by atoms with van der Waals surface area (Å²) in [6.45, 7) is 3.14. The number of carbonyl (C=O) groups is 2. The van der Waals surface area contributed by atoms with Gasteiger partial charge in [-0.1, -0.05) is 6.92 Å². The third kappa shape index (κ3) is 4.69. The minimum Gasteiger partial charge on any atom is -0.490 e. The molecular weight excluding hydrogens is 531 g/mol. The fourth-order valence-corrected chi connectivity index (χ4v) is 6.09. The quantitative estimate of drug-likeness (QED) is 0.548. The van der Waals surface area contributed by atoms with Gasteiger partial charge in [-0.15, -0.1) is 0 Å². The first kappa shape index (κ1) is 26.9. The Bertz CT molecular complexity index is 1350. The summed E-state index contributed by atoms with van der Waals surface area (Å²) in [5.41, 5.74) is -2.19. The summed E-state index contributed by atoms with van der Waals surface area (Å²) in [7, 11) is 0. The Hall–Kier alpha value is -3.72. The Kier molecular flexibility index (Phi) is 6.97. The molecule has 12 heteroatoms. The highest BCUT2D eigenvalue weighted by molar-refractivity contribution is 7.80. The molecule has 1 N–H and O–H groups in total. The van der Waals surface area contributed by atoms with Gasteiger partial charge >= 0.3 is 6.18 Å². The zero-order valence-electron chi connectivity index (χ0n) is 21.1. The molecule has 3 aliphatic rings. The van der Waals surface area contributed by atoms with E-state index in [1.165, 1.54) is 12.3 Å². The van der Waals surface area contributed by atoms with E-state index in [0.29, 0.717) is 43.8 Å². The van der Waals surface area contributed by atoms with Gasteiger partial charge in [-0.3, -0.25) is 9.59 Å². The van der Waals surface area contributed by atoms with E-state index in [1.807, 2.05) is 11.8 Å². The van der Waals surface area contributed by atoms with Crippen LogP contribution in [0.2, 0.25) is 0 Å². The van der Waals surface area contributed by atoms with Gasteiger partial charge < -0.3 is 19.9 Å². The molecule has 2 aromatic rings. The van der Waals surface area contributed by atoms with Crippen molar-refractivity contribution in [2.75, 3.05) is 18.0 Å². The highest BCUT2D eigenvalue weighted by Crippen LogP contribution is 2.54. The summed E-state index contributed by atoms with van der Waals surface area (Å²) in [4.78, 5) is 32.4. The molecule has 0 bridgehead atoms. The normalized spacial score (nSPS) is 23.4. The zero-order valence-corrected chi connectivity index (χ0v) is 21.9. The number of benzene rings is 1. The lowest BCUT2D eigenvalue weighted by atomic mass is 9.62. The number of piperidine rings is 1. The molecule has 2 unspecified atom stereocenters. The van der Waals surface area contributed by atoms with Crippen molar-refractivity contribution in [3.8, 4) is 11.8 Å². The zero-order chi connectivity index (χ0) is 27.9. The van der Waals surface area contributed by atoms with Crippen molar-refractivity contribution < 1.29 is 27.5 Å². The minimum atomic E-state index is -4.75. The number of thiocarbonyl (C=S) groups is 1. The van der Waals surface area contributed by atoms with Crippen LogP contribution in [0, 0.1) is 11.3 Å². The van der Waals surface area contributed by atoms with Gasteiger partial charge in [0.05, 0.1) is 5.56 Å². The summed E-state index contributed by atoms with van der Waals surface area (Å²) in [5.74, 6) is -0.215. The van der Waals surface area contributed by atoms with Gasteiger partial charge in [0.1, 0.15) is 23.5 Å². The number of hydrogen-bond acceptors (Lipinski definition) is 6. The summed E-state index contributed by atoms with van der Waals surface area (Å²) in [6, 6.07) is 9.50. The molecule has 39 heavy (non-hydrogen) atoms. The van der Waals surface area contributed by atoms with Crippen LogP contribution in [0.4, 0.5) is 18.9 Å². The number of amides is 2. The number of likely N-dealkylation sites (tertiary alicyclic amines) is 1. The Morgan fingerprint density at radius 2 is 1.95 bits per heavy atom. The number of hydrogen-bond donors (Lipinski definition) is 1. The molecular formula is C27H26F3N5O3S. The maximum absolute atomic E-state index is 13.6. The highest BCUT2D eigenvalue weighted by Gasteiger charge is 2.62. The fourth-order valence-electron chi connectivity index (χ4n) is 5.73. The van der Waals surface area contributed by atoms with Crippen molar-refractivity contribution in [1.82, 2.24) is 15.2 Å². The second-order valence-electron chi connectivity index (χ2n) is 9.93. The number of nitriles is 1. The Morgan fingerprint density at radius 1 is 1.26 bits per heavy atom. The first-order valence-corrected chi connectivity index (χ1v) is 13.2. The molecule has 2 saturated heterocycles. The lowest BCUT2D eigenvalue weighted by Crippen LogP contribution is -2.60. The molecule has 3 fully saturated rings. The minimum absolute atomic E-state index is 0.0260. The van der Waals surface area contributed by atoms with Gasteiger partial charge in [0, 0.05) is 50.2 Å². The SMILES string of the molecule is CCC(=O)N1CCC(Oc2ccc(N3C(=S)NC(=O)C34CCC4c3cnc(C#N)c(C(F)(F)F)c3)cc2)CC1. The maximum atomic E-state index is 13.6. The number of ether oxygens (including phenoxy) is 1. The second-order valence-corrected chi connectivity index (χ2v) is 10.3. The van der Waals surface area contributed by atoms with Crippen LogP contribution < -0.4 is 15.0 Å². The summed E-state index contributed by atoms with van der Waals surface area (Å²) < 4.78 is 46.9. The number of anilines is 1. The van der Waals surface area contributed by atoms with E-state index in [9.17, 15) is 22.8 Å². The molecule has 1 aromatic carbocycles. The van der Waals surface area contributed by atoms with Crippen molar-refractivity contribution in [3.63, 3.8) is 0 Å². The lowest BCUT2D eigenvalue weighted by molar-refractivity contribution is -0.138. The van der Waals surface area contributed by atoms with Crippen LogP contribution in [0.1, 0.15) is 61.8 Å². The standard InChI is InChI=1S/C27H26F3N5O3S/c1-2-23(36)34-11-8-19(9-12-34)38-18-5-3-17(4-6-18)35-25(39)33-24(37)26(35)10-7-20(26)16-13-21(27(28,29)30)22(14-31)32-15-16/h3-6,13,15,19-20H,2,7-12H2,1H3,(H,33,37,39). The van der Waals surface area contributed by atoms with Crippen LogP contribution >= 0.6 is 12.2 Å². The Morgan fingerprint density at radius 3 is 2.51 bits per heavy atom. The van der Waals surface area contributed by atoms with Crippen molar-refractivity contribution in [1.29, 1.82) is 5.26 Å². The number of aromatic nitrogens is 1. The topological polar surface area (TPSA) is 98.6 Å². The summed E-state index contributed by atoms with van der Waals surface area (Å²) in [5, 5.41) is 12.0. The molecule has 2 amide bonds. The summed E-state index contributed by atoms with van der Waals surface area (Å²) >= 11 is 5.47. The van der Waals surface area contributed by atoms with Gasteiger partial charge in [0.25, 0.3) is 5.91 Å². The van der Waals surface area contributed by atoms with E-state index in [-0.39, 0.29) is 28.6 Å². The first-order valence-electron chi connectivity index (χ1n) is 12.8. The van der Waals surface area contributed by atoms with Crippen LogP contribution in [0.15, 0.2) is 36.5 Å². The number of rotatable bonds is 5. The van der Waals surface area contributed by atoms with Crippen LogP contribution in [0.3, 0.4) is 0 Å². The first-order chi connectivity index (χ1) is 18.6. The average Bonchev–Trinajstić information content (AvgIpc) is 3.19. The smallest absolute Gasteiger partial charge is 0.419 e. The van der Waals surface area contributed by atoms with E-state index in [0.717, 1.165) is 18.9 Å². The molecule has 8 nitrogen and oxygen atoms in total. The van der Waals surface area contributed by atoms with Gasteiger partial charge in [-0.05, 0) is 61.0 Å². The Labute approximate surface area is 228 Å². The number of pyridine rings is 1. The van der Waals surface area contributed by atoms with Gasteiger partial charge in [-0.25, -0.2) is 4.98 Å². The molecule has 3 heterocycles. The van der Waals surface area contributed by atoms with E-state index < -0.39 is 28.9 Å². The maximum Gasteiger partial charge on any atom is 0.419 e. The number of nitrogens with one attached hydrogen (secondary N) is 1. The van der Waals surface area contributed by atoms with Gasteiger partial charge in [-0.2, -0.15) is 18.4 Å². The number of halogens is 3. The van der Waals surface area contributed by atoms with Crippen LogP contribution in [-0.4, -0.2) is 51.5 Å². The van der Waals surface area contributed by atoms with Crippen molar-refractivity contribution in [2.24, 2.45) is 0 Å². The van der Waals surface area contributed by atoms with E-state index in [1.54, 1.807) is 29.2 Å². The third-order valence-electron chi connectivity index (χ3n) is 7.82. The summed E-state index contributed by atoms with van der Waals surface area (Å²) in [6.07, 6.45) is -0.760. The molecule has 204 valence electrons. The fraction of sp³-hybridized carbons (Fsp3) is 0.444. The largest absolute Gasteiger partial charge is 0.490 e. The van der Waals surface area contributed by atoms with Crippen LogP contribution in [0.25, 0.3) is 0 Å². The van der Waals surface area contributed by atoms with Gasteiger partial charge in [0.2, 0.25) is 5.91 Å². The predicted octanol–water partition coefficient (Wildman–Crippen LogP) is 4.29. The molecule has 1 aromatic heterocycles. The number of nitrogens with zero attached hydrogens (tertiary/aromatic N) is 4. The second kappa shape index (κ2) is 10.1. The molecule has 1 aliphatic carbocycles. The predicted molar refractivity (Wildman–Crippen MR) is 139 cm³/mol. The van der Waals surface area contributed by atoms with E-state index in [2.05, 4.69) is 10.3 Å². The van der Waals surface area contributed by atoms with Crippen LogP contribution in [-0.2, 0) is 15.8 Å². The van der Waals surface area contributed by atoms with Gasteiger partial charge in [0.15, 0.2) is 10.8 Å². The Balaban J connectivity index is 1.36. The highest BCUT2D eigenvalue weighted by atomic mass is 32.1. The third-order valence-corrected chi connectivity index (χ3v) is 8.11. The molecule has 1 saturated carbocycles. The molecule has 2 atom stereocenters. The average molecular weight is 558 g/mol. The molecule has 1 spiro atoms. The number of alkyl halides is 3. The molecule has 5 rings (SSSR count). The number of carbonyl (C=O) groups excluding carboxylic acids is 2. The monoisotopic (exact) mass is 557 g/mol. The van der Waals surface area contributed by atoms with Crippen molar-refractivity contribution in [3.05, 3.63) is 53.3 Å².